The van der Waals surface area contributed by atoms with E-state index in [1.54, 1.807) is 35.2 Å². The van der Waals surface area contributed by atoms with Gasteiger partial charge in [0.25, 0.3) is 0 Å². The maximum absolute atomic E-state index is 14.5. The van der Waals surface area contributed by atoms with E-state index < -0.39 is 11.4 Å². The fourth-order valence-corrected chi connectivity index (χ4v) is 4.57. The Morgan fingerprint density at radius 3 is 2.25 bits per heavy atom. The van der Waals surface area contributed by atoms with Crippen LogP contribution in [-0.4, -0.2) is 28.8 Å². The second kappa shape index (κ2) is 8.91. The van der Waals surface area contributed by atoms with Crippen LogP contribution < -0.4 is 5.73 Å². The molecule has 4 rings (SSSR count). The van der Waals surface area contributed by atoms with Crippen molar-refractivity contribution in [1.29, 1.82) is 0 Å². The summed E-state index contributed by atoms with van der Waals surface area (Å²) >= 11 is 0. The van der Waals surface area contributed by atoms with Crippen LogP contribution in [-0.2, 0) is 22.4 Å². The molecule has 0 aliphatic carbocycles. The van der Waals surface area contributed by atoms with Crippen molar-refractivity contribution in [3.8, 4) is 11.1 Å². The van der Waals surface area contributed by atoms with Gasteiger partial charge >= 0.3 is 0 Å². The molecule has 4 nitrogen and oxygen atoms in total. The number of hydrogen-bond donors (Lipinski definition) is 1. The number of nitrogens with two attached hydrogens (primary N) is 1. The second-order valence-corrected chi connectivity index (χ2v) is 8.16. The first-order valence-electron chi connectivity index (χ1n) is 10.6. The van der Waals surface area contributed by atoms with Gasteiger partial charge in [0.15, 0.2) is 0 Å². The predicted molar refractivity (Wildman–Crippen MR) is 119 cm³/mol. The molecule has 3 aromatic rings. The zero-order valence-corrected chi connectivity index (χ0v) is 17.6. The van der Waals surface area contributed by atoms with Crippen molar-refractivity contribution >= 4 is 11.8 Å². The maximum Gasteiger partial charge on any atom is 0.243 e. The van der Waals surface area contributed by atoms with Crippen LogP contribution in [0, 0.1) is 11.6 Å². The van der Waals surface area contributed by atoms with Crippen LogP contribution in [0.5, 0.6) is 0 Å². The van der Waals surface area contributed by atoms with Crippen LogP contribution >= 0.6 is 0 Å². The lowest BCUT2D eigenvalue weighted by Crippen LogP contribution is -2.57. The van der Waals surface area contributed by atoms with Gasteiger partial charge in [0.05, 0.1) is 6.42 Å². The van der Waals surface area contributed by atoms with Crippen molar-refractivity contribution in [2.75, 3.05) is 6.54 Å². The summed E-state index contributed by atoms with van der Waals surface area (Å²) in [6, 6.07) is 19.5. The Balaban J connectivity index is 1.67. The molecular weight excluding hydrogens is 410 g/mol. The molecule has 0 bridgehead atoms. The maximum atomic E-state index is 14.5. The summed E-state index contributed by atoms with van der Waals surface area (Å²) in [6.45, 7) is 0.408. The Bertz CT molecular complexity index is 1150. The minimum Gasteiger partial charge on any atom is -0.368 e. The SMILES string of the molecule is NC(=O)C1(Cc2ccccc2-c2ccccc2F)CCCN1C(=O)Cc1ccc(F)cc1. The number of rotatable bonds is 6. The van der Waals surface area contributed by atoms with Gasteiger partial charge in [0, 0.05) is 18.5 Å². The van der Waals surface area contributed by atoms with Gasteiger partial charge in [0.1, 0.15) is 17.2 Å². The van der Waals surface area contributed by atoms with E-state index in [1.165, 1.54) is 18.2 Å². The number of nitrogens with zero attached hydrogens (tertiary/aromatic N) is 1. The number of hydrogen-bond acceptors (Lipinski definition) is 2. The third-order valence-electron chi connectivity index (χ3n) is 6.18. The molecule has 0 saturated carbocycles. The van der Waals surface area contributed by atoms with E-state index in [2.05, 4.69) is 0 Å². The van der Waals surface area contributed by atoms with Crippen molar-refractivity contribution in [2.24, 2.45) is 5.73 Å². The molecule has 1 unspecified atom stereocenters. The average Bonchev–Trinajstić information content (AvgIpc) is 3.21. The zero-order chi connectivity index (χ0) is 22.7. The summed E-state index contributed by atoms with van der Waals surface area (Å²) in [5.74, 6) is -1.55. The molecule has 32 heavy (non-hydrogen) atoms. The highest BCUT2D eigenvalue weighted by Gasteiger charge is 2.48. The van der Waals surface area contributed by atoms with E-state index in [0.717, 1.165) is 5.56 Å². The highest BCUT2D eigenvalue weighted by Crippen LogP contribution is 2.36. The number of carbonyl (C=O) groups excluding carboxylic acids is 2. The molecule has 1 aliphatic rings. The zero-order valence-electron chi connectivity index (χ0n) is 17.6. The van der Waals surface area contributed by atoms with E-state index in [9.17, 15) is 18.4 Å². The van der Waals surface area contributed by atoms with E-state index in [0.29, 0.717) is 36.1 Å². The largest absolute Gasteiger partial charge is 0.368 e. The first-order chi connectivity index (χ1) is 15.4. The van der Waals surface area contributed by atoms with Crippen LogP contribution in [0.4, 0.5) is 8.78 Å². The highest BCUT2D eigenvalue weighted by molar-refractivity contribution is 5.92. The molecule has 1 aliphatic heterocycles. The van der Waals surface area contributed by atoms with Crippen LogP contribution in [0.15, 0.2) is 72.8 Å². The minimum absolute atomic E-state index is 0.0459. The molecule has 164 valence electrons. The Kier molecular flexibility index (Phi) is 6.04. The Labute approximate surface area is 185 Å². The fourth-order valence-electron chi connectivity index (χ4n) is 4.57. The molecular formula is C26H24F2N2O2. The second-order valence-electron chi connectivity index (χ2n) is 8.16. The molecule has 0 aromatic heterocycles. The summed E-state index contributed by atoms with van der Waals surface area (Å²) in [4.78, 5) is 27.5. The van der Waals surface area contributed by atoms with Crippen LogP contribution in [0.2, 0.25) is 0 Å². The van der Waals surface area contributed by atoms with Gasteiger partial charge in [-0.2, -0.15) is 0 Å². The molecule has 1 fully saturated rings. The van der Waals surface area contributed by atoms with Gasteiger partial charge < -0.3 is 10.6 Å². The van der Waals surface area contributed by atoms with Crippen LogP contribution in [0.3, 0.4) is 0 Å². The summed E-state index contributed by atoms with van der Waals surface area (Å²) in [5.41, 5.74) is 7.20. The molecule has 3 aromatic carbocycles. The predicted octanol–water partition coefficient (Wildman–Crippen LogP) is 4.26. The van der Waals surface area contributed by atoms with Gasteiger partial charge in [-0.15, -0.1) is 0 Å². The van der Waals surface area contributed by atoms with Crippen molar-refractivity contribution in [3.05, 3.63) is 95.6 Å². The normalized spacial score (nSPS) is 18.0. The highest BCUT2D eigenvalue weighted by atomic mass is 19.1. The monoisotopic (exact) mass is 434 g/mol. The van der Waals surface area contributed by atoms with Crippen molar-refractivity contribution in [2.45, 2.75) is 31.2 Å². The standard InChI is InChI=1S/C26H24F2N2O2/c27-20-12-10-18(11-13-20)16-24(31)30-15-5-14-26(30,25(29)32)17-19-6-1-2-7-21(19)22-8-3-4-9-23(22)28/h1-4,6-13H,5,14-17H2,(H2,29,32). The lowest BCUT2D eigenvalue weighted by molar-refractivity contribution is -0.143. The summed E-state index contributed by atoms with van der Waals surface area (Å²) in [5, 5.41) is 0. The number of likely N-dealkylation sites (tertiary alicyclic amines) is 1. The smallest absolute Gasteiger partial charge is 0.243 e. The van der Waals surface area contributed by atoms with Gasteiger partial charge in [-0.25, -0.2) is 8.78 Å². The third-order valence-corrected chi connectivity index (χ3v) is 6.18. The van der Waals surface area contributed by atoms with Crippen molar-refractivity contribution in [3.63, 3.8) is 0 Å². The number of amides is 2. The van der Waals surface area contributed by atoms with Gasteiger partial charge in [-0.1, -0.05) is 54.6 Å². The van der Waals surface area contributed by atoms with Crippen molar-refractivity contribution < 1.29 is 18.4 Å². The lowest BCUT2D eigenvalue weighted by atomic mass is 9.84. The number of carbonyl (C=O) groups is 2. The summed E-state index contributed by atoms with van der Waals surface area (Å²) in [7, 11) is 0. The molecule has 1 heterocycles. The average molecular weight is 434 g/mol. The first kappa shape index (κ1) is 21.7. The molecule has 0 radical (unpaired) electrons. The van der Waals surface area contributed by atoms with E-state index in [1.807, 2.05) is 24.3 Å². The quantitative estimate of drug-likeness (QED) is 0.630. The Morgan fingerprint density at radius 1 is 0.906 bits per heavy atom. The fraction of sp³-hybridized carbons (Fsp3) is 0.231. The topological polar surface area (TPSA) is 63.4 Å². The van der Waals surface area contributed by atoms with E-state index in [4.69, 9.17) is 5.73 Å². The minimum atomic E-state index is -1.20. The molecule has 2 N–H and O–H groups in total. The van der Waals surface area contributed by atoms with Crippen molar-refractivity contribution in [1.82, 2.24) is 4.90 Å². The van der Waals surface area contributed by atoms with Gasteiger partial charge in [0.2, 0.25) is 11.8 Å². The first-order valence-corrected chi connectivity index (χ1v) is 10.6. The molecule has 6 heteroatoms. The lowest BCUT2D eigenvalue weighted by Gasteiger charge is -2.36. The van der Waals surface area contributed by atoms with E-state index in [-0.39, 0.29) is 30.4 Å². The Morgan fingerprint density at radius 2 is 1.56 bits per heavy atom. The number of halogens is 2. The van der Waals surface area contributed by atoms with Crippen LogP contribution in [0.25, 0.3) is 11.1 Å². The Hall–Kier alpha value is -3.54. The van der Waals surface area contributed by atoms with Crippen LogP contribution in [0.1, 0.15) is 24.0 Å². The molecule has 0 spiro atoms. The molecule has 2 amide bonds. The summed E-state index contributed by atoms with van der Waals surface area (Å²) < 4.78 is 27.7. The number of benzene rings is 3. The summed E-state index contributed by atoms with van der Waals surface area (Å²) in [6.07, 6.45) is 1.31. The van der Waals surface area contributed by atoms with E-state index >= 15 is 0 Å². The number of primary amides is 1. The molecule has 1 saturated heterocycles. The van der Waals surface area contributed by atoms with Gasteiger partial charge in [-0.05, 0) is 47.7 Å². The third kappa shape index (κ3) is 4.13. The molecule has 1 atom stereocenters. The van der Waals surface area contributed by atoms with Gasteiger partial charge in [-0.3, -0.25) is 9.59 Å².